The molecule has 0 aromatic carbocycles. The summed E-state index contributed by atoms with van der Waals surface area (Å²) >= 11 is 0. The van der Waals surface area contributed by atoms with Gasteiger partial charge in [0.05, 0.1) is 0 Å². The summed E-state index contributed by atoms with van der Waals surface area (Å²) in [6.45, 7) is 1.39. The average Bonchev–Trinajstić information content (AvgIpc) is 2.31. The summed E-state index contributed by atoms with van der Waals surface area (Å²) in [6.07, 6.45) is 1.68. The predicted octanol–water partition coefficient (Wildman–Crippen LogP) is -0.0324. The molecule has 6 heteroatoms. The number of carbonyl (C=O) groups excluding carboxylic acids is 1. The Kier molecular flexibility index (Phi) is 3.31. The third-order valence-electron chi connectivity index (χ3n) is 2.47. The summed E-state index contributed by atoms with van der Waals surface area (Å²) in [7, 11) is 0. The molecule has 86 valence electrons. The van der Waals surface area contributed by atoms with E-state index in [2.05, 4.69) is 15.5 Å². The van der Waals surface area contributed by atoms with Crippen molar-refractivity contribution in [2.24, 2.45) is 0 Å². The van der Waals surface area contributed by atoms with Crippen LogP contribution in [0.25, 0.3) is 0 Å². The smallest absolute Gasteiger partial charge is 0.272 e. The standard InChI is InChI=1S/C10H14N4O2/c11-9-2-1-8(13-14-9)10(15)12-7-3-5-16-6-4-7/h1-2,7H,3-6H2,(H2,11,14)(H,12,15). The minimum absolute atomic E-state index is 0.167. The Hall–Kier alpha value is -1.69. The van der Waals surface area contributed by atoms with Gasteiger partial charge in [-0.05, 0) is 25.0 Å². The molecule has 0 unspecified atom stereocenters. The summed E-state index contributed by atoms with van der Waals surface area (Å²) in [5.41, 5.74) is 5.68. The molecule has 2 rings (SSSR count). The van der Waals surface area contributed by atoms with Gasteiger partial charge in [-0.1, -0.05) is 0 Å². The summed E-state index contributed by atoms with van der Waals surface area (Å²) in [4.78, 5) is 11.7. The molecule has 0 aliphatic carbocycles. The van der Waals surface area contributed by atoms with E-state index < -0.39 is 0 Å². The Labute approximate surface area is 93.2 Å². The van der Waals surface area contributed by atoms with Gasteiger partial charge in [0.1, 0.15) is 5.82 Å². The van der Waals surface area contributed by atoms with Crippen LogP contribution in [0.4, 0.5) is 5.82 Å². The Bertz CT molecular complexity index is 360. The predicted molar refractivity (Wildman–Crippen MR) is 57.8 cm³/mol. The number of hydrogen-bond donors (Lipinski definition) is 2. The van der Waals surface area contributed by atoms with Crippen LogP contribution in [0.5, 0.6) is 0 Å². The molecule has 1 aliphatic rings. The zero-order valence-electron chi connectivity index (χ0n) is 8.85. The fourth-order valence-electron chi connectivity index (χ4n) is 1.56. The van der Waals surface area contributed by atoms with E-state index in [0.717, 1.165) is 12.8 Å². The lowest BCUT2D eigenvalue weighted by molar-refractivity contribution is 0.0693. The van der Waals surface area contributed by atoms with Gasteiger partial charge in [-0.3, -0.25) is 4.79 Å². The molecule has 1 fully saturated rings. The van der Waals surface area contributed by atoms with Gasteiger partial charge in [-0.2, -0.15) is 0 Å². The van der Waals surface area contributed by atoms with Crippen LogP contribution in [0.2, 0.25) is 0 Å². The van der Waals surface area contributed by atoms with E-state index in [4.69, 9.17) is 10.5 Å². The first-order valence-electron chi connectivity index (χ1n) is 5.23. The maximum atomic E-state index is 11.7. The fourth-order valence-corrected chi connectivity index (χ4v) is 1.56. The van der Waals surface area contributed by atoms with Gasteiger partial charge >= 0.3 is 0 Å². The zero-order chi connectivity index (χ0) is 11.4. The molecular weight excluding hydrogens is 208 g/mol. The molecule has 2 heterocycles. The summed E-state index contributed by atoms with van der Waals surface area (Å²) in [5, 5.41) is 10.3. The van der Waals surface area contributed by atoms with Crippen molar-refractivity contribution in [1.82, 2.24) is 15.5 Å². The number of ether oxygens (including phenoxy) is 1. The zero-order valence-corrected chi connectivity index (χ0v) is 8.85. The van der Waals surface area contributed by atoms with Gasteiger partial charge in [-0.25, -0.2) is 0 Å². The van der Waals surface area contributed by atoms with Crippen molar-refractivity contribution in [2.45, 2.75) is 18.9 Å². The van der Waals surface area contributed by atoms with E-state index >= 15 is 0 Å². The Morgan fingerprint density at radius 3 is 2.75 bits per heavy atom. The van der Waals surface area contributed by atoms with Gasteiger partial charge < -0.3 is 15.8 Å². The van der Waals surface area contributed by atoms with E-state index in [1.54, 1.807) is 12.1 Å². The van der Waals surface area contributed by atoms with Crippen molar-refractivity contribution in [3.63, 3.8) is 0 Å². The fraction of sp³-hybridized carbons (Fsp3) is 0.500. The molecule has 1 aliphatic heterocycles. The first-order valence-corrected chi connectivity index (χ1v) is 5.23. The van der Waals surface area contributed by atoms with Gasteiger partial charge in [0.2, 0.25) is 0 Å². The molecule has 1 aromatic rings. The normalized spacial score (nSPS) is 17.0. The highest BCUT2D eigenvalue weighted by Gasteiger charge is 2.17. The second kappa shape index (κ2) is 4.89. The Morgan fingerprint density at radius 2 is 2.12 bits per heavy atom. The molecule has 0 saturated carbocycles. The molecule has 0 atom stereocenters. The third-order valence-corrected chi connectivity index (χ3v) is 2.47. The molecule has 0 bridgehead atoms. The first-order chi connectivity index (χ1) is 7.75. The van der Waals surface area contributed by atoms with Crippen molar-refractivity contribution in [2.75, 3.05) is 18.9 Å². The van der Waals surface area contributed by atoms with Gasteiger partial charge in [0, 0.05) is 19.3 Å². The number of hydrogen-bond acceptors (Lipinski definition) is 5. The highest BCUT2D eigenvalue weighted by atomic mass is 16.5. The van der Waals surface area contributed by atoms with E-state index in [9.17, 15) is 4.79 Å². The van der Waals surface area contributed by atoms with Crippen LogP contribution in [0, 0.1) is 0 Å². The number of rotatable bonds is 2. The average molecular weight is 222 g/mol. The molecule has 6 nitrogen and oxygen atoms in total. The van der Waals surface area contributed by atoms with Crippen LogP contribution in [0.3, 0.4) is 0 Å². The summed E-state index contributed by atoms with van der Waals surface area (Å²) in [6, 6.07) is 3.30. The van der Waals surface area contributed by atoms with Gasteiger partial charge in [0.15, 0.2) is 5.69 Å². The molecule has 1 amide bonds. The number of aromatic nitrogens is 2. The molecule has 16 heavy (non-hydrogen) atoms. The summed E-state index contributed by atoms with van der Waals surface area (Å²) in [5.74, 6) is 0.0991. The van der Waals surface area contributed by atoms with Crippen molar-refractivity contribution in [3.8, 4) is 0 Å². The lowest BCUT2D eigenvalue weighted by Crippen LogP contribution is -2.39. The molecule has 3 N–H and O–H groups in total. The minimum atomic E-state index is -0.209. The molecule has 0 spiro atoms. The lowest BCUT2D eigenvalue weighted by atomic mass is 10.1. The third kappa shape index (κ3) is 2.66. The number of nitrogen functional groups attached to an aromatic ring is 1. The number of anilines is 1. The van der Waals surface area contributed by atoms with Crippen LogP contribution in [0.1, 0.15) is 23.3 Å². The largest absolute Gasteiger partial charge is 0.382 e. The molecule has 0 radical (unpaired) electrons. The Balaban J connectivity index is 1.94. The second-order valence-corrected chi connectivity index (χ2v) is 3.70. The van der Waals surface area contributed by atoms with E-state index in [0.29, 0.717) is 24.7 Å². The number of amides is 1. The van der Waals surface area contributed by atoms with Crippen LogP contribution in [-0.2, 0) is 4.74 Å². The summed E-state index contributed by atoms with van der Waals surface area (Å²) < 4.78 is 5.21. The molecule has 1 saturated heterocycles. The van der Waals surface area contributed by atoms with Crippen molar-refractivity contribution < 1.29 is 9.53 Å². The number of nitrogens with two attached hydrogens (primary N) is 1. The van der Waals surface area contributed by atoms with E-state index in [1.165, 1.54) is 0 Å². The lowest BCUT2D eigenvalue weighted by Gasteiger charge is -2.22. The van der Waals surface area contributed by atoms with Crippen molar-refractivity contribution in [3.05, 3.63) is 17.8 Å². The second-order valence-electron chi connectivity index (χ2n) is 3.70. The topological polar surface area (TPSA) is 90.1 Å². The monoisotopic (exact) mass is 222 g/mol. The van der Waals surface area contributed by atoms with Crippen LogP contribution in [-0.4, -0.2) is 35.4 Å². The van der Waals surface area contributed by atoms with Gasteiger partial charge in [-0.15, -0.1) is 10.2 Å². The van der Waals surface area contributed by atoms with Gasteiger partial charge in [0.25, 0.3) is 5.91 Å². The Morgan fingerprint density at radius 1 is 1.38 bits per heavy atom. The molecule has 1 aromatic heterocycles. The maximum absolute atomic E-state index is 11.7. The minimum Gasteiger partial charge on any atom is -0.382 e. The van der Waals surface area contributed by atoms with Crippen LogP contribution in [0.15, 0.2) is 12.1 Å². The van der Waals surface area contributed by atoms with Crippen molar-refractivity contribution >= 4 is 11.7 Å². The number of carbonyl (C=O) groups is 1. The highest BCUT2D eigenvalue weighted by molar-refractivity contribution is 5.92. The highest BCUT2D eigenvalue weighted by Crippen LogP contribution is 2.07. The van der Waals surface area contributed by atoms with Crippen LogP contribution >= 0.6 is 0 Å². The maximum Gasteiger partial charge on any atom is 0.272 e. The first kappa shape index (κ1) is 10.8. The number of nitrogens with zero attached hydrogens (tertiary/aromatic N) is 2. The quantitative estimate of drug-likeness (QED) is 0.733. The number of nitrogens with one attached hydrogen (secondary N) is 1. The van der Waals surface area contributed by atoms with E-state index in [-0.39, 0.29) is 11.9 Å². The SMILES string of the molecule is Nc1ccc(C(=O)NC2CCOCC2)nn1. The van der Waals surface area contributed by atoms with Crippen LogP contribution < -0.4 is 11.1 Å². The van der Waals surface area contributed by atoms with E-state index in [1.807, 2.05) is 0 Å². The molecular formula is C10H14N4O2. The van der Waals surface area contributed by atoms with Crippen molar-refractivity contribution in [1.29, 1.82) is 0 Å².